The molecule has 0 spiro atoms. The van der Waals surface area contributed by atoms with Gasteiger partial charge in [-0.3, -0.25) is 0 Å². The summed E-state index contributed by atoms with van der Waals surface area (Å²) in [7, 11) is 1.67. The van der Waals surface area contributed by atoms with Crippen LogP contribution in [0.1, 0.15) is 12.0 Å². The highest BCUT2D eigenvalue weighted by molar-refractivity contribution is 6.30. The molecule has 110 valence electrons. The van der Waals surface area contributed by atoms with Crippen LogP contribution >= 0.6 is 11.6 Å². The predicted molar refractivity (Wildman–Crippen MR) is 73.3 cm³/mol. The van der Waals surface area contributed by atoms with E-state index in [-0.39, 0.29) is 0 Å². The van der Waals surface area contributed by atoms with Crippen LogP contribution in [0.4, 0.5) is 0 Å². The molecule has 0 fully saturated rings. The Morgan fingerprint density at radius 3 is 2.90 bits per heavy atom. The molecular formula is C12H17ClN4O3. The van der Waals surface area contributed by atoms with Gasteiger partial charge in [0.05, 0.1) is 6.61 Å². The third kappa shape index (κ3) is 3.56. The SMILES string of the molecule is COCCCOCCOc1c(C)c(Cl)nc2ncnn12. The molecule has 0 aliphatic carbocycles. The second-order valence-corrected chi connectivity index (χ2v) is 4.47. The van der Waals surface area contributed by atoms with E-state index in [1.807, 2.05) is 6.92 Å². The predicted octanol–water partition coefficient (Wildman–Crippen LogP) is 1.52. The fraction of sp³-hybridized carbons (Fsp3) is 0.583. The van der Waals surface area contributed by atoms with Crippen LogP contribution in [0.2, 0.25) is 5.15 Å². The Hall–Kier alpha value is -1.44. The van der Waals surface area contributed by atoms with E-state index in [0.717, 1.165) is 12.0 Å². The van der Waals surface area contributed by atoms with Crippen molar-refractivity contribution in [1.82, 2.24) is 19.6 Å². The van der Waals surface area contributed by atoms with Crippen molar-refractivity contribution >= 4 is 17.4 Å². The molecular weight excluding hydrogens is 284 g/mol. The maximum Gasteiger partial charge on any atom is 0.256 e. The standard InChI is InChI=1S/C12H17ClN4O3/c1-9-10(13)16-12-14-8-15-17(12)11(9)20-7-6-19-5-3-4-18-2/h8H,3-7H2,1-2H3. The van der Waals surface area contributed by atoms with Crippen LogP contribution < -0.4 is 4.74 Å². The van der Waals surface area contributed by atoms with E-state index < -0.39 is 0 Å². The molecule has 0 saturated carbocycles. The van der Waals surface area contributed by atoms with Crippen LogP contribution in [0.5, 0.6) is 5.88 Å². The summed E-state index contributed by atoms with van der Waals surface area (Å²) < 4.78 is 17.6. The van der Waals surface area contributed by atoms with Gasteiger partial charge in [-0.1, -0.05) is 11.6 Å². The van der Waals surface area contributed by atoms with E-state index in [2.05, 4.69) is 15.1 Å². The second kappa shape index (κ2) is 7.37. The molecule has 20 heavy (non-hydrogen) atoms. The van der Waals surface area contributed by atoms with Gasteiger partial charge >= 0.3 is 0 Å². The molecule has 8 heteroatoms. The van der Waals surface area contributed by atoms with Crippen molar-refractivity contribution in [3.05, 3.63) is 17.0 Å². The average Bonchev–Trinajstić information content (AvgIpc) is 2.89. The minimum atomic E-state index is 0.363. The zero-order chi connectivity index (χ0) is 14.4. The molecule has 2 aromatic rings. The van der Waals surface area contributed by atoms with E-state index in [0.29, 0.717) is 43.2 Å². The lowest BCUT2D eigenvalue weighted by Gasteiger charge is -2.11. The van der Waals surface area contributed by atoms with Gasteiger partial charge in [0.15, 0.2) is 0 Å². The Kier molecular flexibility index (Phi) is 5.51. The Morgan fingerprint density at radius 2 is 2.10 bits per heavy atom. The second-order valence-electron chi connectivity index (χ2n) is 4.11. The molecule has 0 aliphatic rings. The normalized spacial score (nSPS) is 11.2. The molecule has 0 aromatic carbocycles. The number of hydrogen-bond donors (Lipinski definition) is 0. The number of aromatic nitrogens is 4. The lowest BCUT2D eigenvalue weighted by molar-refractivity contribution is 0.0787. The molecule has 0 bridgehead atoms. The van der Waals surface area contributed by atoms with Gasteiger partial charge in [0.25, 0.3) is 5.78 Å². The maximum absolute atomic E-state index is 6.03. The summed E-state index contributed by atoms with van der Waals surface area (Å²) in [6.45, 7) is 4.05. The molecule has 0 amide bonds. The van der Waals surface area contributed by atoms with E-state index in [9.17, 15) is 0 Å². The molecule has 2 aromatic heterocycles. The van der Waals surface area contributed by atoms with Crippen molar-refractivity contribution in [2.75, 3.05) is 33.5 Å². The quantitative estimate of drug-likeness (QED) is 0.544. The van der Waals surface area contributed by atoms with Gasteiger partial charge in [-0.15, -0.1) is 0 Å². The molecule has 2 heterocycles. The fourth-order valence-electron chi connectivity index (χ4n) is 1.65. The summed E-state index contributed by atoms with van der Waals surface area (Å²) in [5, 5.41) is 4.42. The molecule has 0 atom stereocenters. The van der Waals surface area contributed by atoms with E-state index in [4.69, 9.17) is 25.8 Å². The maximum atomic E-state index is 6.03. The smallest absolute Gasteiger partial charge is 0.256 e. The van der Waals surface area contributed by atoms with Gasteiger partial charge in [0.2, 0.25) is 5.88 Å². The van der Waals surface area contributed by atoms with Crippen molar-refractivity contribution in [2.24, 2.45) is 0 Å². The first-order valence-corrected chi connectivity index (χ1v) is 6.67. The van der Waals surface area contributed by atoms with Crippen LogP contribution in [0.3, 0.4) is 0 Å². The molecule has 2 rings (SSSR count). The summed E-state index contributed by atoms with van der Waals surface area (Å²) in [5.74, 6) is 0.953. The lowest BCUT2D eigenvalue weighted by Crippen LogP contribution is -2.12. The number of nitrogens with zero attached hydrogens (tertiary/aromatic N) is 4. The lowest BCUT2D eigenvalue weighted by atomic mass is 10.4. The minimum absolute atomic E-state index is 0.363. The van der Waals surface area contributed by atoms with E-state index >= 15 is 0 Å². The zero-order valence-electron chi connectivity index (χ0n) is 11.5. The molecule has 7 nitrogen and oxygen atoms in total. The monoisotopic (exact) mass is 300 g/mol. The average molecular weight is 301 g/mol. The van der Waals surface area contributed by atoms with E-state index in [1.165, 1.54) is 10.8 Å². The molecule has 0 aliphatic heterocycles. The Balaban J connectivity index is 1.89. The first kappa shape index (κ1) is 15.0. The number of hydrogen-bond acceptors (Lipinski definition) is 6. The number of ether oxygens (including phenoxy) is 3. The van der Waals surface area contributed by atoms with Gasteiger partial charge in [-0.05, 0) is 13.3 Å². The molecule has 0 N–H and O–H groups in total. The van der Waals surface area contributed by atoms with Gasteiger partial charge < -0.3 is 14.2 Å². The van der Waals surface area contributed by atoms with Gasteiger partial charge in [-0.2, -0.15) is 19.6 Å². The van der Waals surface area contributed by atoms with Crippen molar-refractivity contribution in [1.29, 1.82) is 0 Å². The summed E-state index contributed by atoms with van der Waals surface area (Å²) in [5.41, 5.74) is 0.726. The number of halogens is 1. The highest BCUT2D eigenvalue weighted by atomic mass is 35.5. The van der Waals surface area contributed by atoms with Crippen LogP contribution in [-0.4, -0.2) is 53.1 Å². The summed E-state index contributed by atoms with van der Waals surface area (Å²) >= 11 is 6.03. The molecule has 0 saturated heterocycles. The number of fused-ring (bicyclic) bond motifs is 1. The van der Waals surface area contributed by atoms with Crippen molar-refractivity contribution < 1.29 is 14.2 Å². The van der Waals surface area contributed by atoms with Gasteiger partial charge in [0, 0.05) is 25.9 Å². The fourth-order valence-corrected chi connectivity index (χ4v) is 1.80. The van der Waals surface area contributed by atoms with Crippen LogP contribution in [0.25, 0.3) is 5.78 Å². The first-order valence-electron chi connectivity index (χ1n) is 6.29. The molecule has 0 radical (unpaired) electrons. The third-order valence-electron chi connectivity index (χ3n) is 2.65. The number of rotatable bonds is 8. The largest absolute Gasteiger partial charge is 0.475 e. The minimum Gasteiger partial charge on any atom is -0.475 e. The Bertz CT molecular complexity index is 561. The Morgan fingerprint density at radius 1 is 1.25 bits per heavy atom. The third-order valence-corrected chi connectivity index (χ3v) is 3.02. The number of methoxy groups -OCH3 is 1. The summed E-state index contributed by atoms with van der Waals surface area (Å²) in [6.07, 6.45) is 2.27. The highest BCUT2D eigenvalue weighted by Gasteiger charge is 2.13. The zero-order valence-corrected chi connectivity index (χ0v) is 12.3. The van der Waals surface area contributed by atoms with Crippen molar-refractivity contribution in [3.8, 4) is 5.88 Å². The van der Waals surface area contributed by atoms with Gasteiger partial charge in [-0.25, -0.2) is 0 Å². The first-order chi connectivity index (χ1) is 9.74. The molecule has 0 unspecified atom stereocenters. The highest BCUT2D eigenvalue weighted by Crippen LogP contribution is 2.23. The topological polar surface area (TPSA) is 70.8 Å². The van der Waals surface area contributed by atoms with Crippen LogP contribution in [0.15, 0.2) is 6.33 Å². The van der Waals surface area contributed by atoms with Gasteiger partial charge in [0.1, 0.15) is 18.1 Å². The van der Waals surface area contributed by atoms with E-state index in [1.54, 1.807) is 7.11 Å². The van der Waals surface area contributed by atoms with Crippen LogP contribution in [0, 0.1) is 6.92 Å². The van der Waals surface area contributed by atoms with Crippen LogP contribution in [-0.2, 0) is 9.47 Å². The summed E-state index contributed by atoms with van der Waals surface area (Å²) in [4.78, 5) is 8.09. The summed E-state index contributed by atoms with van der Waals surface area (Å²) in [6, 6.07) is 0. The van der Waals surface area contributed by atoms with Crippen molar-refractivity contribution in [3.63, 3.8) is 0 Å². The van der Waals surface area contributed by atoms with Crippen molar-refractivity contribution in [2.45, 2.75) is 13.3 Å². The Labute approximate surface area is 121 Å².